The second kappa shape index (κ2) is 4.04. The molecule has 1 aromatic carbocycles. The quantitative estimate of drug-likeness (QED) is 0.778. The predicted octanol–water partition coefficient (Wildman–Crippen LogP) is 2.74. The third-order valence-electron chi connectivity index (χ3n) is 2.28. The Bertz CT molecular complexity index is 523. The van der Waals surface area contributed by atoms with Gasteiger partial charge in [-0.1, -0.05) is 0 Å². The van der Waals surface area contributed by atoms with E-state index < -0.39 is 11.7 Å². The lowest BCUT2D eigenvalue weighted by Crippen LogP contribution is -2.05. The molecule has 3 nitrogen and oxygen atoms in total. The van der Waals surface area contributed by atoms with Gasteiger partial charge in [0.1, 0.15) is 0 Å². The van der Waals surface area contributed by atoms with Crippen molar-refractivity contribution in [3.05, 3.63) is 42.2 Å². The smallest absolute Gasteiger partial charge is 0.398 e. The van der Waals surface area contributed by atoms with E-state index >= 15 is 0 Å². The fraction of sp³-hybridized carbons (Fsp3) is 0.0909. The number of nitrogens with zero attached hydrogens (tertiary/aromatic N) is 2. The number of benzene rings is 1. The number of hydrogen-bond donors (Lipinski definition) is 1. The number of nitrogens with two attached hydrogens (primary N) is 1. The summed E-state index contributed by atoms with van der Waals surface area (Å²) in [4.78, 5) is 0. The second-order valence-electron chi connectivity index (χ2n) is 3.43. The topological polar surface area (TPSA) is 51.8 Å². The van der Waals surface area contributed by atoms with Crippen LogP contribution in [0.2, 0.25) is 0 Å². The van der Waals surface area contributed by atoms with Gasteiger partial charge in [0, 0.05) is 16.8 Å². The summed E-state index contributed by atoms with van der Waals surface area (Å²) in [5.41, 5.74) is 5.99. The fourth-order valence-corrected chi connectivity index (χ4v) is 1.43. The summed E-state index contributed by atoms with van der Waals surface area (Å²) in [5, 5.41) is 7.17. The summed E-state index contributed by atoms with van der Waals surface area (Å²) in [6.07, 6.45) is -1.62. The van der Waals surface area contributed by atoms with Crippen molar-refractivity contribution >= 4 is 5.69 Å². The third kappa shape index (κ3) is 2.35. The van der Waals surface area contributed by atoms with Gasteiger partial charge in [0.25, 0.3) is 0 Å². The molecular formula is C11H8F3N3. The summed E-state index contributed by atoms with van der Waals surface area (Å²) < 4.78 is 37.6. The maximum atomic E-state index is 12.5. The van der Waals surface area contributed by atoms with E-state index in [0.717, 1.165) is 12.1 Å². The van der Waals surface area contributed by atoms with Crippen LogP contribution in [0.5, 0.6) is 0 Å². The number of alkyl halides is 3. The molecule has 0 spiro atoms. The highest BCUT2D eigenvalue weighted by atomic mass is 19.4. The van der Waals surface area contributed by atoms with Gasteiger partial charge in [-0.05, 0) is 24.3 Å². The van der Waals surface area contributed by atoms with Crippen molar-refractivity contribution in [3.63, 3.8) is 0 Å². The summed E-state index contributed by atoms with van der Waals surface area (Å²) in [7, 11) is 0. The van der Waals surface area contributed by atoms with E-state index in [0.29, 0.717) is 11.1 Å². The van der Waals surface area contributed by atoms with E-state index in [9.17, 15) is 13.2 Å². The van der Waals surface area contributed by atoms with E-state index in [1.807, 2.05) is 0 Å². The van der Waals surface area contributed by atoms with Crippen molar-refractivity contribution in [3.8, 4) is 11.1 Å². The minimum absolute atomic E-state index is 0.269. The van der Waals surface area contributed by atoms with Crippen LogP contribution in [-0.4, -0.2) is 10.2 Å². The average Bonchev–Trinajstić information content (AvgIpc) is 2.29. The Morgan fingerprint density at radius 1 is 1.06 bits per heavy atom. The first-order valence-electron chi connectivity index (χ1n) is 4.72. The minimum atomic E-state index is -4.39. The molecule has 0 saturated heterocycles. The molecule has 6 heteroatoms. The van der Waals surface area contributed by atoms with Gasteiger partial charge in [-0.2, -0.15) is 23.4 Å². The SMILES string of the molecule is Nc1ccc(C(F)(F)F)cc1-c1ccnnc1. The van der Waals surface area contributed by atoms with Crippen LogP contribution in [0.15, 0.2) is 36.7 Å². The summed E-state index contributed by atoms with van der Waals surface area (Å²) in [5.74, 6) is 0. The molecule has 1 heterocycles. The van der Waals surface area contributed by atoms with Gasteiger partial charge in [-0.15, -0.1) is 0 Å². The molecule has 0 aliphatic rings. The van der Waals surface area contributed by atoms with Crippen molar-refractivity contribution < 1.29 is 13.2 Å². The maximum absolute atomic E-state index is 12.5. The highest BCUT2D eigenvalue weighted by Gasteiger charge is 2.30. The molecule has 0 amide bonds. The predicted molar refractivity (Wildman–Crippen MR) is 56.9 cm³/mol. The van der Waals surface area contributed by atoms with Crippen LogP contribution in [0.1, 0.15) is 5.56 Å². The Labute approximate surface area is 95.1 Å². The molecule has 17 heavy (non-hydrogen) atoms. The number of halogens is 3. The van der Waals surface area contributed by atoms with Crippen LogP contribution in [0.3, 0.4) is 0 Å². The minimum Gasteiger partial charge on any atom is -0.398 e. The highest BCUT2D eigenvalue weighted by Crippen LogP contribution is 2.34. The van der Waals surface area contributed by atoms with Crippen LogP contribution in [0.25, 0.3) is 11.1 Å². The van der Waals surface area contributed by atoms with E-state index in [1.54, 1.807) is 6.07 Å². The van der Waals surface area contributed by atoms with E-state index in [-0.39, 0.29) is 5.69 Å². The van der Waals surface area contributed by atoms with E-state index in [1.165, 1.54) is 18.5 Å². The number of hydrogen-bond acceptors (Lipinski definition) is 3. The lowest BCUT2D eigenvalue weighted by Gasteiger charge is -2.10. The largest absolute Gasteiger partial charge is 0.416 e. The Morgan fingerprint density at radius 2 is 1.82 bits per heavy atom. The van der Waals surface area contributed by atoms with Gasteiger partial charge in [-0.3, -0.25) is 0 Å². The molecule has 0 bridgehead atoms. The Balaban J connectivity index is 2.55. The van der Waals surface area contributed by atoms with Crippen molar-refractivity contribution in [1.29, 1.82) is 0 Å². The molecule has 0 radical (unpaired) electrons. The number of anilines is 1. The first kappa shape index (κ1) is 11.4. The van der Waals surface area contributed by atoms with E-state index in [2.05, 4.69) is 10.2 Å². The van der Waals surface area contributed by atoms with Crippen LogP contribution in [-0.2, 0) is 6.18 Å². The first-order chi connectivity index (χ1) is 7.98. The van der Waals surface area contributed by atoms with Crippen molar-refractivity contribution in [2.24, 2.45) is 0 Å². The van der Waals surface area contributed by atoms with E-state index in [4.69, 9.17) is 5.73 Å². The molecule has 0 aliphatic carbocycles. The molecule has 0 fully saturated rings. The molecule has 2 N–H and O–H groups in total. The van der Waals surface area contributed by atoms with Gasteiger partial charge < -0.3 is 5.73 Å². The molecule has 0 unspecified atom stereocenters. The van der Waals surface area contributed by atoms with Gasteiger partial charge >= 0.3 is 6.18 Å². The summed E-state index contributed by atoms with van der Waals surface area (Å²) >= 11 is 0. The Morgan fingerprint density at radius 3 is 2.41 bits per heavy atom. The average molecular weight is 239 g/mol. The molecule has 88 valence electrons. The number of nitrogen functional groups attached to an aromatic ring is 1. The summed E-state index contributed by atoms with van der Waals surface area (Å²) in [6, 6.07) is 4.75. The molecule has 2 rings (SSSR count). The summed E-state index contributed by atoms with van der Waals surface area (Å²) in [6.45, 7) is 0. The van der Waals surface area contributed by atoms with Gasteiger partial charge in [-0.25, -0.2) is 0 Å². The van der Waals surface area contributed by atoms with Crippen molar-refractivity contribution in [1.82, 2.24) is 10.2 Å². The first-order valence-corrected chi connectivity index (χ1v) is 4.72. The molecule has 0 aliphatic heterocycles. The van der Waals surface area contributed by atoms with Crippen LogP contribution >= 0.6 is 0 Å². The van der Waals surface area contributed by atoms with Gasteiger partial charge in [0.15, 0.2) is 0 Å². The Kier molecular flexibility index (Phi) is 2.71. The van der Waals surface area contributed by atoms with Gasteiger partial charge in [0.2, 0.25) is 0 Å². The number of aromatic nitrogens is 2. The van der Waals surface area contributed by atoms with Gasteiger partial charge in [0.05, 0.1) is 18.0 Å². The molecule has 2 aromatic rings. The third-order valence-corrected chi connectivity index (χ3v) is 2.28. The molecular weight excluding hydrogens is 231 g/mol. The lowest BCUT2D eigenvalue weighted by molar-refractivity contribution is -0.137. The second-order valence-corrected chi connectivity index (χ2v) is 3.43. The molecule has 0 saturated carbocycles. The van der Waals surface area contributed by atoms with Crippen LogP contribution in [0, 0.1) is 0 Å². The normalized spacial score (nSPS) is 11.5. The van der Waals surface area contributed by atoms with Crippen LogP contribution in [0.4, 0.5) is 18.9 Å². The fourth-order valence-electron chi connectivity index (χ4n) is 1.43. The molecule has 0 atom stereocenters. The van der Waals surface area contributed by atoms with Crippen LogP contribution < -0.4 is 5.73 Å². The Hall–Kier alpha value is -2.11. The zero-order valence-corrected chi connectivity index (χ0v) is 8.57. The van der Waals surface area contributed by atoms with Crippen molar-refractivity contribution in [2.45, 2.75) is 6.18 Å². The monoisotopic (exact) mass is 239 g/mol. The standard InChI is InChI=1S/C11H8F3N3/c12-11(13,14)8-1-2-10(15)9(5-8)7-3-4-16-17-6-7/h1-6H,15H2. The zero-order valence-electron chi connectivity index (χ0n) is 8.57. The molecule has 1 aromatic heterocycles. The lowest BCUT2D eigenvalue weighted by atomic mass is 10.0. The number of rotatable bonds is 1. The van der Waals surface area contributed by atoms with Crippen molar-refractivity contribution in [2.75, 3.05) is 5.73 Å². The maximum Gasteiger partial charge on any atom is 0.416 e. The zero-order chi connectivity index (χ0) is 12.5. The highest BCUT2D eigenvalue weighted by molar-refractivity contribution is 5.76.